The van der Waals surface area contributed by atoms with Crippen LogP contribution in [0.3, 0.4) is 0 Å². The highest BCUT2D eigenvalue weighted by molar-refractivity contribution is 7.48. The Bertz CT molecular complexity index is 232. The Balaban J connectivity index is 2.50. The summed E-state index contributed by atoms with van der Waals surface area (Å²) in [7, 11) is -3.44. The molecule has 0 bridgehead atoms. The Morgan fingerprint density at radius 3 is 2.13 bits per heavy atom. The molecule has 0 aliphatic carbocycles. The van der Waals surface area contributed by atoms with E-state index in [2.05, 4.69) is 0 Å². The second kappa shape index (κ2) is 6.06. The first-order valence-electron chi connectivity index (χ1n) is 4.31. The van der Waals surface area contributed by atoms with Gasteiger partial charge in [0.1, 0.15) is 0 Å². The maximum absolute atomic E-state index is 11.7. The minimum atomic E-state index is -3.44. The van der Waals surface area contributed by atoms with Crippen LogP contribution in [0.15, 0.2) is 0 Å². The molecular formula is C7H12Cl3O4P. The van der Waals surface area contributed by atoms with Crippen molar-refractivity contribution >= 4 is 42.6 Å². The van der Waals surface area contributed by atoms with E-state index in [1.165, 1.54) is 0 Å². The first-order valence-corrected chi connectivity index (χ1v) is 7.38. The second-order valence-corrected chi connectivity index (χ2v) is 5.87. The van der Waals surface area contributed by atoms with E-state index in [1.807, 2.05) is 0 Å². The zero-order valence-corrected chi connectivity index (χ0v) is 11.1. The quantitative estimate of drug-likeness (QED) is 0.578. The van der Waals surface area contributed by atoms with Crippen LogP contribution in [0.4, 0.5) is 0 Å². The van der Waals surface area contributed by atoms with E-state index in [4.69, 9.17) is 48.4 Å². The molecule has 0 saturated carbocycles. The van der Waals surface area contributed by atoms with Crippen LogP contribution in [0, 0.1) is 5.41 Å². The van der Waals surface area contributed by atoms with Crippen molar-refractivity contribution in [2.45, 2.75) is 0 Å². The lowest BCUT2D eigenvalue weighted by molar-refractivity contribution is 0.00643. The monoisotopic (exact) mass is 296 g/mol. The molecule has 0 aromatic heterocycles. The van der Waals surface area contributed by atoms with Gasteiger partial charge in [-0.25, -0.2) is 4.57 Å². The smallest absolute Gasteiger partial charge is 0.286 e. The minimum absolute atomic E-state index is 0.119. The molecule has 0 aromatic rings. The van der Waals surface area contributed by atoms with Crippen molar-refractivity contribution in [2.24, 2.45) is 5.41 Å². The first-order chi connectivity index (χ1) is 7.10. The summed E-state index contributed by atoms with van der Waals surface area (Å²) < 4.78 is 26.7. The Hall–Kier alpha value is 0.980. The van der Waals surface area contributed by atoms with Gasteiger partial charge in [0.05, 0.1) is 19.8 Å². The number of phosphoric ester groups is 1. The second-order valence-electron chi connectivity index (χ2n) is 3.28. The molecule has 1 aliphatic heterocycles. The third-order valence-corrected chi connectivity index (χ3v) is 4.63. The van der Waals surface area contributed by atoms with Crippen molar-refractivity contribution in [3.8, 4) is 0 Å². The summed E-state index contributed by atoms with van der Waals surface area (Å²) in [5, 5.41) is 0. The molecule has 0 N–H and O–H groups in total. The molecule has 0 atom stereocenters. The molecule has 1 rings (SSSR count). The van der Waals surface area contributed by atoms with Crippen LogP contribution in [0.2, 0.25) is 0 Å². The molecule has 0 radical (unpaired) electrons. The molecule has 90 valence electrons. The maximum atomic E-state index is 11.7. The summed E-state index contributed by atoms with van der Waals surface area (Å²) >= 11 is 16.9. The Morgan fingerprint density at radius 1 is 1.20 bits per heavy atom. The van der Waals surface area contributed by atoms with Gasteiger partial charge in [-0.05, 0) is 0 Å². The number of alkyl halides is 3. The van der Waals surface area contributed by atoms with Gasteiger partial charge in [-0.15, -0.1) is 34.8 Å². The van der Waals surface area contributed by atoms with Crippen LogP contribution in [-0.2, 0) is 18.1 Å². The average molecular weight is 298 g/mol. The van der Waals surface area contributed by atoms with Gasteiger partial charge >= 0.3 is 7.82 Å². The highest BCUT2D eigenvalue weighted by Crippen LogP contribution is 2.54. The molecule has 15 heavy (non-hydrogen) atoms. The summed E-state index contributed by atoms with van der Waals surface area (Å²) in [6, 6.07) is 0. The molecular weight excluding hydrogens is 285 g/mol. The van der Waals surface area contributed by atoms with Crippen molar-refractivity contribution < 1.29 is 18.1 Å². The predicted molar refractivity (Wildman–Crippen MR) is 60.1 cm³/mol. The summed E-state index contributed by atoms with van der Waals surface area (Å²) in [5.74, 6) is 0.797. The molecule has 1 fully saturated rings. The normalized spacial score (nSPS) is 23.9. The van der Waals surface area contributed by atoms with Gasteiger partial charge < -0.3 is 0 Å². The highest BCUT2D eigenvalue weighted by atomic mass is 35.5. The van der Waals surface area contributed by atoms with E-state index in [9.17, 15) is 4.57 Å². The lowest BCUT2D eigenvalue weighted by Gasteiger charge is -2.35. The number of hydrogen-bond acceptors (Lipinski definition) is 4. The summed E-state index contributed by atoms with van der Waals surface area (Å²) in [5.41, 5.74) is -0.485. The summed E-state index contributed by atoms with van der Waals surface area (Å²) in [6.45, 7) is 0.451. The highest BCUT2D eigenvalue weighted by Gasteiger charge is 2.42. The van der Waals surface area contributed by atoms with E-state index in [0.29, 0.717) is 0 Å². The van der Waals surface area contributed by atoms with E-state index in [1.54, 1.807) is 0 Å². The molecule has 1 aliphatic rings. The lowest BCUT2D eigenvalue weighted by atomic mass is 9.96. The van der Waals surface area contributed by atoms with Gasteiger partial charge in [0, 0.05) is 23.1 Å². The molecule has 0 amide bonds. The standard InChI is InChI=1S/C7H12Cl3O4P/c8-1-2-12-15(11)13-5-7(3-9,4-10)6-14-15/h1-6H2. The largest absolute Gasteiger partial charge is 0.474 e. The van der Waals surface area contributed by atoms with Crippen molar-refractivity contribution in [3.63, 3.8) is 0 Å². The van der Waals surface area contributed by atoms with Gasteiger partial charge in [0.25, 0.3) is 0 Å². The molecule has 0 spiro atoms. The molecule has 1 heterocycles. The Morgan fingerprint density at radius 2 is 1.73 bits per heavy atom. The van der Waals surface area contributed by atoms with Gasteiger partial charge in [-0.1, -0.05) is 0 Å². The number of halogens is 3. The van der Waals surface area contributed by atoms with Crippen molar-refractivity contribution in [1.82, 2.24) is 0 Å². The molecule has 8 heteroatoms. The summed E-state index contributed by atoms with van der Waals surface area (Å²) in [6.07, 6.45) is 0. The van der Waals surface area contributed by atoms with E-state index in [-0.39, 0.29) is 37.5 Å². The topological polar surface area (TPSA) is 44.8 Å². The van der Waals surface area contributed by atoms with Gasteiger partial charge in [-0.3, -0.25) is 13.6 Å². The minimum Gasteiger partial charge on any atom is -0.286 e. The zero-order valence-electron chi connectivity index (χ0n) is 7.96. The zero-order chi connectivity index (χ0) is 11.4. The van der Waals surface area contributed by atoms with Crippen LogP contribution in [-0.4, -0.2) is 37.5 Å². The molecule has 0 aromatic carbocycles. The van der Waals surface area contributed by atoms with Crippen molar-refractivity contribution in [2.75, 3.05) is 37.5 Å². The fourth-order valence-electron chi connectivity index (χ4n) is 0.922. The van der Waals surface area contributed by atoms with Crippen LogP contribution >= 0.6 is 42.6 Å². The van der Waals surface area contributed by atoms with Crippen LogP contribution in [0.1, 0.15) is 0 Å². The lowest BCUT2D eigenvalue weighted by Crippen LogP contribution is -2.39. The van der Waals surface area contributed by atoms with E-state index >= 15 is 0 Å². The number of rotatable bonds is 5. The number of hydrogen-bond donors (Lipinski definition) is 0. The molecule has 1 saturated heterocycles. The van der Waals surface area contributed by atoms with Crippen LogP contribution in [0.5, 0.6) is 0 Å². The first kappa shape index (κ1) is 14.0. The van der Waals surface area contributed by atoms with E-state index in [0.717, 1.165) is 0 Å². The van der Waals surface area contributed by atoms with Gasteiger partial charge in [0.2, 0.25) is 0 Å². The molecule has 4 nitrogen and oxygen atoms in total. The van der Waals surface area contributed by atoms with Gasteiger partial charge in [-0.2, -0.15) is 0 Å². The molecule has 0 unspecified atom stereocenters. The van der Waals surface area contributed by atoms with Gasteiger partial charge in [0.15, 0.2) is 0 Å². The predicted octanol–water partition coefficient (Wildman–Crippen LogP) is 2.86. The van der Waals surface area contributed by atoms with E-state index < -0.39 is 13.2 Å². The Kier molecular flexibility index (Phi) is 5.67. The number of phosphoric acid groups is 1. The van der Waals surface area contributed by atoms with Crippen LogP contribution in [0.25, 0.3) is 0 Å². The Labute approximate surface area is 104 Å². The van der Waals surface area contributed by atoms with Crippen molar-refractivity contribution in [1.29, 1.82) is 0 Å². The fourth-order valence-corrected chi connectivity index (χ4v) is 3.10. The fraction of sp³-hybridized carbons (Fsp3) is 1.00. The average Bonchev–Trinajstić information content (AvgIpc) is 2.29. The third-order valence-electron chi connectivity index (χ3n) is 1.95. The van der Waals surface area contributed by atoms with Crippen molar-refractivity contribution in [3.05, 3.63) is 0 Å². The maximum Gasteiger partial charge on any atom is 0.474 e. The SMILES string of the molecule is O=P1(OCCCl)OCC(CCl)(CCl)CO1. The third kappa shape index (κ3) is 3.74. The van der Waals surface area contributed by atoms with Crippen LogP contribution < -0.4 is 0 Å². The summed E-state index contributed by atoms with van der Waals surface area (Å²) in [4.78, 5) is 0.